The lowest BCUT2D eigenvalue weighted by Crippen LogP contribution is -2.53. The quantitative estimate of drug-likeness (QED) is 0.549. The van der Waals surface area contributed by atoms with Crippen molar-refractivity contribution in [3.63, 3.8) is 0 Å². The molecule has 1 amide bonds. The Bertz CT molecular complexity index is 372. The van der Waals surface area contributed by atoms with Gasteiger partial charge in [0.05, 0.1) is 19.3 Å². The minimum Gasteiger partial charge on any atom is -0.467 e. The van der Waals surface area contributed by atoms with Crippen molar-refractivity contribution < 1.29 is 28.9 Å². The Morgan fingerprint density at radius 2 is 2.29 bits per heavy atom. The van der Waals surface area contributed by atoms with Gasteiger partial charge in [-0.2, -0.15) is 0 Å². The number of rotatable bonds is 1. The van der Waals surface area contributed by atoms with E-state index in [-0.39, 0.29) is 18.5 Å². The van der Waals surface area contributed by atoms with Crippen molar-refractivity contribution in [1.29, 1.82) is 0 Å². The molecule has 0 aliphatic carbocycles. The number of aliphatic hydroxyl groups is 1. The third-order valence-electron chi connectivity index (χ3n) is 3.43. The summed E-state index contributed by atoms with van der Waals surface area (Å²) in [6, 6.07) is -0.302. The topological polar surface area (TPSA) is 85.3 Å². The fourth-order valence-corrected chi connectivity index (χ4v) is 2.65. The molecule has 0 saturated carbocycles. The number of aliphatic hydroxyl groups excluding tert-OH is 1. The molecule has 3 aliphatic rings. The molecule has 3 rings (SSSR count). The van der Waals surface area contributed by atoms with E-state index < -0.39 is 30.6 Å². The van der Waals surface area contributed by atoms with Gasteiger partial charge in [-0.05, 0) is 0 Å². The van der Waals surface area contributed by atoms with Crippen LogP contribution in [0.2, 0.25) is 0 Å². The number of carbonyl (C=O) groups is 2. The molecule has 5 atom stereocenters. The minimum atomic E-state index is -0.986. The Hall–Kier alpha value is -1.18. The highest BCUT2D eigenvalue weighted by atomic mass is 16.7. The van der Waals surface area contributed by atoms with Crippen molar-refractivity contribution in [2.24, 2.45) is 0 Å². The van der Waals surface area contributed by atoms with Crippen molar-refractivity contribution >= 4 is 11.9 Å². The number of nitrogens with zero attached hydrogens (tertiary/aromatic N) is 1. The Labute approximate surface area is 97.2 Å². The molecule has 0 unspecified atom stereocenters. The van der Waals surface area contributed by atoms with Gasteiger partial charge in [0.1, 0.15) is 0 Å². The van der Waals surface area contributed by atoms with Gasteiger partial charge in [0, 0.05) is 13.0 Å². The van der Waals surface area contributed by atoms with Crippen LogP contribution in [-0.4, -0.2) is 66.2 Å². The number of amides is 1. The lowest BCUT2D eigenvalue weighted by molar-refractivity contribution is -0.171. The Balaban J connectivity index is 1.85. The van der Waals surface area contributed by atoms with Crippen molar-refractivity contribution in [3.05, 3.63) is 0 Å². The SMILES string of the molecule is COC(=O)[C@@H]1O[C@@H]2O[C@H]1C(=O)N1C[C@H](O)C[C@@H]21. The predicted molar refractivity (Wildman–Crippen MR) is 51.7 cm³/mol. The Morgan fingerprint density at radius 1 is 1.53 bits per heavy atom. The molecule has 0 aromatic carbocycles. The van der Waals surface area contributed by atoms with E-state index in [2.05, 4.69) is 4.74 Å². The van der Waals surface area contributed by atoms with E-state index in [4.69, 9.17) is 9.47 Å². The number of methoxy groups -OCH3 is 1. The van der Waals surface area contributed by atoms with Crippen LogP contribution in [0.15, 0.2) is 0 Å². The zero-order chi connectivity index (χ0) is 12.2. The maximum atomic E-state index is 12.0. The number of carbonyl (C=O) groups excluding carboxylic acids is 2. The molecule has 3 fully saturated rings. The molecule has 1 N–H and O–H groups in total. The lowest BCUT2D eigenvalue weighted by atomic mass is 10.1. The second-order valence-electron chi connectivity index (χ2n) is 4.45. The highest BCUT2D eigenvalue weighted by Crippen LogP contribution is 2.36. The number of esters is 1. The predicted octanol–water partition coefficient (Wildman–Crippen LogP) is -1.76. The average Bonchev–Trinajstić information content (AvgIpc) is 2.88. The average molecular weight is 243 g/mol. The first-order valence-corrected chi connectivity index (χ1v) is 5.49. The monoisotopic (exact) mass is 243 g/mol. The van der Waals surface area contributed by atoms with Crippen LogP contribution in [0.5, 0.6) is 0 Å². The second kappa shape index (κ2) is 3.66. The third-order valence-corrected chi connectivity index (χ3v) is 3.43. The molecule has 3 saturated heterocycles. The first-order chi connectivity index (χ1) is 8.11. The van der Waals surface area contributed by atoms with Gasteiger partial charge >= 0.3 is 5.97 Å². The zero-order valence-electron chi connectivity index (χ0n) is 9.24. The minimum absolute atomic E-state index is 0.275. The van der Waals surface area contributed by atoms with E-state index in [1.807, 2.05) is 0 Å². The fraction of sp³-hybridized carbons (Fsp3) is 0.800. The van der Waals surface area contributed by atoms with Crippen LogP contribution < -0.4 is 0 Å². The highest BCUT2D eigenvalue weighted by Gasteiger charge is 2.58. The van der Waals surface area contributed by atoms with Crippen LogP contribution >= 0.6 is 0 Å². The Morgan fingerprint density at radius 3 is 3.00 bits per heavy atom. The van der Waals surface area contributed by atoms with Gasteiger partial charge in [-0.1, -0.05) is 0 Å². The molecule has 94 valence electrons. The largest absolute Gasteiger partial charge is 0.467 e. The summed E-state index contributed by atoms with van der Waals surface area (Å²) < 4.78 is 15.4. The van der Waals surface area contributed by atoms with E-state index in [9.17, 15) is 14.7 Å². The highest BCUT2D eigenvalue weighted by molar-refractivity contribution is 5.90. The van der Waals surface area contributed by atoms with E-state index >= 15 is 0 Å². The molecular weight excluding hydrogens is 230 g/mol. The number of hydrogen-bond acceptors (Lipinski definition) is 6. The summed E-state index contributed by atoms with van der Waals surface area (Å²) >= 11 is 0. The van der Waals surface area contributed by atoms with Gasteiger partial charge in [0.25, 0.3) is 5.91 Å². The van der Waals surface area contributed by atoms with Crippen LogP contribution in [0.25, 0.3) is 0 Å². The molecule has 3 aliphatic heterocycles. The zero-order valence-corrected chi connectivity index (χ0v) is 9.24. The molecule has 17 heavy (non-hydrogen) atoms. The van der Waals surface area contributed by atoms with Crippen LogP contribution in [-0.2, 0) is 23.8 Å². The first-order valence-electron chi connectivity index (χ1n) is 5.49. The molecule has 0 aromatic rings. The van der Waals surface area contributed by atoms with Crippen LogP contribution in [0.4, 0.5) is 0 Å². The number of hydrogen-bond donors (Lipinski definition) is 1. The normalized spacial score (nSPS) is 43.8. The summed E-state index contributed by atoms with van der Waals surface area (Å²) in [5.74, 6) is -0.914. The van der Waals surface area contributed by atoms with Crippen LogP contribution in [0.3, 0.4) is 0 Å². The summed E-state index contributed by atoms with van der Waals surface area (Å²) in [5.41, 5.74) is 0. The van der Waals surface area contributed by atoms with Crippen LogP contribution in [0, 0.1) is 0 Å². The fourth-order valence-electron chi connectivity index (χ4n) is 2.65. The smallest absolute Gasteiger partial charge is 0.338 e. The number of morpholine rings is 1. The van der Waals surface area contributed by atoms with Gasteiger partial charge in [-0.3, -0.25) is 4.79 Å². The molecule has 7 heteroatoms. The third kappa shape index (κ3) is 1.46. The molecule has 0 aromatic heterocycles. The molecule has 7 nitrogen and oxygen atoms in total. The summed E-state index contributed by atoms with van der Waals surface area (Å²) in [6.07, 6.45) is -2.70. The summed E-state index contributed by atoms with van der Waals surface area (Å²) in [5, 5.41) is 9.53. The van der Waals surface area contributed by atoms with Gasteiger partial charge < -0.3 is 24.2 Å². The van der Waals surface area contributed by atoms with Crippen molar-refractivity contribution in [3.8, 4) is 0 Å². The summed E-state index contributed by atoms with van der Waals surface area (Å²) in [7, 11) is 1.24. The molecule has 0 spiro atoms. The van der Waals surface area contributed by atoms with E-state index in [0.717, 1.165) is 0 Å². The Kier molecular flexibility index (Phi) is 2.35. The van der Waals surface area contributed by atoms with Gasteiger partial charge in [0.15, 0.2) is 18.5 Å². The van der Waals surface area contributed by atoms with Crippen molar-refractivity contribution in [2.75, 3.05) is 13.7 Å². The lowest BCUT2D eigenvalue weighted by Gasteiger charge is -2.32. The first kappa shape index (κ1) is 10.9. The number of ether oxygens (including phenoxy) is 3. The second-order valence-corrected chi connectivity index (χ2v) is 4.45. The van der Waals surface area contributed by atoms with Gasteiger partial charge in [-0.15, -0.1) is 0 Å². The maximum Gasteiger partial charge on any atom is 0.338 e. The van der Waals surface area contributed by atoms with E-state index in [1.165, 1.54) is 12.0 Å². The van der Waals surface area contributed by atoms with E-state index in [1.54, 1.807) is 0 Å². The maximum absolute atomic E-state index is 12.0. The van der Waals surface area contributed by atoms with Crippen molar-refractivity contribution in [1.82, 2.24) is 4.90 Å². The molecule has 3 heterocycles. The van der Waals surface area contributed by atoms with Gasteiger partial charge in [-0.25, -0.2) is 4.79 Å². The number of fused-ring (bicyclic) bond motifs is 4. The standard InChI is InChI=1S/C10H13NO6/c1-15-9(14)7-6-8(13)11-3-4(12)2-5(11)10(16-6)17-7/h4-7,10,12H,2-3H2,1H3/t4-,5+,6-,7-,10+/m1/s1. The summed E-state index contributed by atoms with van der Waals surface area (Å²) in [4.78, 5) is 25.0. The van der Waals surface area contributed by atoms with Crippen LogP contribution in [0.1, 0.15) is 6.42 Å². The molecular formula is C10H13NO6. The van der Waals surface area contributed by atoms with Crippen molar-refractivity contribution in [2.45, 2.75) is 37.1 Å². The van der Waals surface area contributed by atoms with Gasteiger partial charge in [0.2, 0.25) is 0 Å². The molecule has 2 bridgehead atoms. The molecule has 0 radical (unpaired) electrons. The van der Waals surface area contributed by atoms with E-state index in [0.29, 0.717) is 6.42 Å². The summed E-state index contributed by atoms with van der Waals surface area (Å²) in [6.45, 7) is 0.275.